The van der Waals surface area contributed by atoms with Crippen LogP contribution in [0.15, 0.2) is 89.6 Å². The number of hydrogen-bond donors (Lipinski definition) is 1. The van der Waals surface area contributed by atoms with E-state index < -0.39 is 0 Å². The summed E-state index contributed by atoms with van der Waals surface area (Å²) in [6, 6.07) is 19.6. The first kappa shape index (κ1) is 18.8. The van der Waals surface area contributed by atoms with Gasteiger partial charge in [0.05, 0.1) is 11.6 Å². The van der Waals surface area contributed by atoms with Gasteiger partial charge in [0.25, 0.3) is 5.91 Å². The third-order valence-electron chi connectivity index (χ3n) is 5.13. The molecule has 27 heavy (non-hydrogen) atoms. The van der Waals surface area contributed by atoms with Crippen LogP contribution in [0.1, 0.15) is 43.7 Å². The molecule has 0 aromatic heterocycles. The van der Waals surface area contributed by atoms with Gasteiger partial charge in [-0.25, -0.2) is 5.43 Å². The van der Waals surface area contributed by atoms with E-state index in [1.807, 2.05) is 67.6 Å². The fourth-order valence-corrected chi connectivity index (χ4v) is 3.40. The Labute approximate surface area is 161 Å². The molecule has 1 aliphatic carbocycles. The second-order valence-corrected chi connectivity index (χ2v) is 7.16. The lowest BCUT2D eigenvalue weighted by Gasteiger charge is -2.23. The predicted octanol–water partition coefficient (Wildman–Crippen LogP) is 5.22. The van der Waals surface area contributed by atoms with E-state index in [1.165, 1.54) is 0 Å². The average Bonchev–Trinajstić information content (AvgIpc) is 2.69. The average molecular weight is 358 g/mol. The molecular weight excluding hydrogens is 332 g/mol. The lowest BCUT2D eigenvalue weighted by Crippen LogP contribution is -2.28. The Morgan fingerprint density at radius 3 is 2.15 bits per heavy atom. The van der Waals surface area contributed by atoms with Crippen LogP contribution in [0.25, 0.3) is 0 Å². The van der Waals surface area contributed by atoms with E-state index in [0.717, 1.165) is 40.8 Å². The lowest BCUT2D eigenvalue weighted by atomic mass is 9.85. The van der Waals surface area contributed by atoms with Crippen molar-refractivity contribution in [2.24, 2.45) is 11.0 Å². The molecule has 3 rings (SSSR count). The van der Waals surface area contributed by atoms with Crippen molar-refractivity contribution in [2.45, 2.75) is 32.6 Å². The van der Waals surface area contributed by atoms with Gasteiger partial charge in [-0.3, -0.25) is 4.79 Å². The Hall–Kier alpha value is -2.94. The molecular formula is C24H26N2O. The van der Waals surface area contributed by atoms with Gasteiger partial charge in [0.2, 0.25) is 0 Å². The van der Waals surface area contributed by atoms with Crippen LogP contribution >= 0.6 is 0 Å². The van der Waals surface area contributed by atoms with Crippen molar-refractivity contribution in [2.75, 3.05) is 0 Å². The van der Waals surface area contributed by atoms with Crippen LogP contribution in [-0.2, 0) is 4.79 Å². The maximum atomic E-state index is 13.1. The molecule has 1 N–H and O–H groups in total. The second-order valence-electron chi connectivity index (χ2n) is 7.16. The number of benzene rings is 2. The topological polar surface area (TPSA) is 41.5 Å². The maximum Gasteiger partial charge on any atom is 0.252 e. The number of allylic oxidation sites excluding steroid dienone is 3. The van der Waals surface area contributed by atoms with Crippen LogP contribution in [0.5, 0.6) is 0 Å². The molecule has 0 radical (unpaired) electrons. The zero-order valence-electron chi connectivity index (χ0n) is 16.0. The predicted molar refractivity (Wildman–Crippen MR) is 112 cm³/mol. The van der Waals surface area contributed by atoms with Crippen LogP contribution in [-0.4, -0.2) is 11.6 Å². The third-order valence-corrected chi connectivity index (χ3v) is 5.13. The molecule has 0 saturated heterocycles. The van der Waals surface area contributed by atoms with Gasteiger partial charge in [-0.2, -0.15) is 5.10 Å². The summed E-state index contributed by atoms with van der Waals surface area (Å²) in [7, 11) is 0. The van der Waals surface area contributed by atoms with Crippen molar-refractivity contribution < 1.29 is 4.79 Å². The molecule has 2 aromatic rings. The molecule has 0 unspecified atom stereocenters. The SMILES string of the molecule is C=C(C)[C@H]1CC=C(C)/C(=N/NC(=O)C(c2ccccc2)c2ccccc2)C1. The first-order valence-electron chi connectivity index (χ1n) is 9.35. The van der Waals surface area contributed by atoms with Crippen molar-refractivity contribution in [3.8, 4) is 0 Å². The minimum Gasteiger partial charge on any atom is -0.272 e. The summed E-state index contributed by atoms with van der Waals surface area (Å²) in [5.41, 5.74) is 7.95. The highest BCUT2D eigenvalue weighted by Gasteiger charge is 2.23. The Bertz CT molecular complexity index is 826. The minimum atomic E-state index is -0.387. The van der Waals surface area contributed by atoms with E-state index in [4.69, 9.17) is 0 Å². The van der Waals surface area contributed by atoms with Crippen LogP contribution in [0.3, 0.4) is 0 Å². The summed E-state index contributed by atoms with van der Waals surface area (Å²) in [5.74, 6) is -0.116. The Morgan fingerprint density at radius 1 is 1.07 bits per heavy atom. The summed E-state index contributed by atoms with van der Waals surface area (Å²) in [5, 5.41) is 4.48. The molecule has 3 heteroatoms. The van der Waals surface area contributed by atoms with E-state index in [1.54, 1.807) is 0 Å². The first-order chi connectivity index (χ1) is 13.1. The van der Waals surface area contributed by atoms with Crippen molar-refractivity contribution in [1.82, 2.24) is 5.43 Å². The van der Waals surface area contributed by atoms with Crippen molar-refractivity contribution in [1.29, 1.82) is 0 Å². The van der Waals surface area contributed by atoms with E-state index in [9.17, 15) is 4.79 Å². The van der Waals surface area contributed by atoms with E-state index >= 15 is 0 Å². The molecule has 3 nitrogen and oxygen atoms in total. The van der Waals surface area contributed by atoms with Gasteiger partial charge in [-0.05, 0) is 49.3 Å². The second kappa shape index (κ2) is 8.63. The standard InChI is InChI=1S/C24H26N2O/c1-17(2)21-15-14-18(3)22(16-21)25-26-24(27)23(19-10-6-4-7-11-19)20-12-8-5-9-13-20/h4-14,21,23H,1,15-16H2,2-3H3,(H,26,27)/b25-22+/t21-/m0/s1. The molecule has 1 aliphatic rings. The lowest BCUT2D eigenvalue weighted by molar-refractivity contribution is -0.121. The van der Waals surface area contributed by atoms with Gasteiger partial charge in [-0.15, -0.1) is 0 Å². The van der Waals surface area contributed by atoms with E-state index in [-0.39, 0.29) is 11.8 Å². The number of nitrogens with one attached hydrogen (secondary N) is 1. The molecule has 0 heterocycles. The molecule has 1 atom stereocenters. The van der Waals surface area contributed by atoms with Gasteiger partial charge in [0, 0.05) is 0 Å². The Morgan fingerprint density at radius 2 is 1.63 bits per heavy atom. The van der Waals surface area contributed by atoms with Gasteiger partial charge in [0.15, 0.2) is 0 Å². The molecule has 138 valence electrons. The molecule has 0 spiro atoms. The van der Waals surface area contributed by atoms with Crippen molar-refractivity contribution in [3.05, 3.63) is 95.6 Å². The number of amides is 1. The molecule has 0 bridgehead atoms. The minimum absolute atomic E-state index is 0.120. The molecule has 0 fully saturated rings. The summed E-state index contributed by atoms with van der Waals surface area (Å²) < 4.78 is 0. The van der Waals surface area contributed by atoms with Crippen LogP contribution in [0, 0.1) is 5.92 Å². The fraction of sp³-hybridized carbons (Fsp3) is 0.250. The fourth-order valence-electron chi connectivity index (χ4n) is 3.40. The summed E-state index contributed by atoms with van der Waals surface area (Å²) in [4.78, 5) is 13.1. The highest BCUT2D eigenvalue weighted by Crippen LogP contribution is 2.27. The number of carbonyl (C=O) groups is 1. The van der Waals surface area contributed by atoms with Crippen molar-refractivity contribution in [3.63, 3.8) is 0 Å². The molecule has 0 saturated carbocycles. The van der Waals surface area contributed by atoms with Crippen LogP contribution in [0.4, 0.5) is 0 Å². The zero-order valence-corrected chi connectivity index (χ0v) is 16.0. The number of carbonyl (C=O) groups excluding carboxylic acids is 1. The third kappa shape index (κ3) is 4.62. The van der Waals surface area contributed by atoms with Gasteiger partial charge in [-0.1, -0.05) is 78.9 Å². The summed E-state index contributed by atoms with van der Waals surface area (Å²) in [6.07, 6.45) is 3.99. The molecule has 0 aliphatic heterocycles. The number of nitrogens with zero attached hydrogens (tertiary/aromatic N) is 1. The van der Waals surface area contributed by atoms with Gasteiger partial charge < -0.3 is 0 Å². The van der Waals surface area contributed by atoms with Crippen LogP contribution < -0.4 is 5.43 Å². The smallest absolute Gasteiger partial charge is 0.252 e. The monoisotopic (exact) mass is 358 g/mol. The Kier molecular flexibility index (Phi) is 6.02. The van der Waals surface area contributed by atoms with Crippen LogP contribution in [0.2, 0.25) is 0 Å². The van der Waals surface area contributed by atoms with Gasteiger partial charge in [0.1, 0.15) is 0 Å². The Balaban J connectivity index is 1.84. The zero-order chi connectivity index (χ0) is 19.2. The number of hydrazone groups is 1. The largest absolute Gasteiger partial charge is 0.272 e. The van der Waals surface area contributed by atoms with Gasteiger partial charge >= 0.3 is 0 Å². The molecule has 1 amide bonds. The first-order valence-corrected chi connectivity index (χ1v) is 9.35. The summed E-state index contributed by atoms with van der Waals surface area (Å²) in [6.45, 7) is 8.17. The maximum absolute atomic E-state index is 13.1. The highest BCUT2D eigenvalue weighted by atomic mass is 16.2. The number of hydrogen-bond acceptors (Lipinski definition) is 2. The molecule has 2 aromatic carbocycles. The quantitative estimate of drug-likeness (QED) is 0.577. The number of rotatable bonds is 5. The van der Waals surface area contributed by atoms with Crippen molar-refractivity contribution >= 4 is 11.6 Å². The summed E-state index contributed by atoms with van der Waals surface area (Å²) >= 11 is 0. The normalized spacial score (nSPS) is 18.3. The van der Waals surface area contributed by atoms with E-state index in [0.29, 0.717) is 5.92 Å². The highest BCUT2D eigenvalue weighted by molar-refractivity contribution is 6.01. The van der Waals surface area contributed by atoms with E-state index in [2.05, 4.69) is 30.1 Å².